The normalized spacial score (nSPS) is 15.2. The Kier molecular flexibility index (Phi) is 7.80. The van der Waals surface area contributed by atoms with Crippen molar-refractivity contribution in [2.24, 2.45) is 0 Å². The number of likely N-dealkylation sites (tertiary alicyclic amines) is 1. The van der Waals surface area contributed by atoms with E-state index in [1.807, 2.05) is 25.1 Å². The van der Waals surface area contributed by atoms with Crippen LogP contribution in [0.3, 0.4) is 0 Å². The Morgan fingerprint density at radius 2 is 1.81 bits per heavy atom. The maximum absolute atomic E-state index is 12.4. The molecule has 4 rings (SSSR count). The molecule has 0 saturated carbocycles. The topological polar surface area (TPSA) is 63.8 Å². The molecular formula is C26H32N2O4. The zero-order valence-corrected chi connectivity index (χ0v) is 18.7. The molecule has 1 saturated heterocycles. The first-order valence-electron chi connectivity index (χ1n) is 11.5. The first kappa shape index (κ1) is 22.4. The molecule has 0 spiro atoms. The molecule has 1 aromatic heterocycles. The van der Waals surface area contributed by atoms with Crippen molar-refractivity contribution >= 4 is 16.9 Å². The maximum Gasteiger partial charge on any atom is 0.342 e. The van der Waals surface area contributed by atoms with Gasteiger partial charge in [0.15, 0.2) is 0 Å². The fourth-order valence-electron chi connectivity index (χ4n) is 4.36. The van der Waals surface area contributed by atoms with Crippen LogP contribution in [0.2, 0.25) is 0 Å². The van der Waals surface area contributed by atoms with Crippen LogP contribution in [0.5, 0.6) is 5.75 Å². The zero-order valence-electron chi connectivity index (χ0n) is 18.7. The van der Waals surface area contributed by atoms with Crippen LogP contribution in [0.25, 0.3) is 10.9 Å². The maximum atomic E-state index is 12.4. The third kappa shape index (κ3) is 5.50. The minimum atomic E-state index is -0.375. The van der Waals surface area contributed by atoms with Crippen molar-refractivity contribution in [2.45, 2.75) is 25.7 Å². The number of para-hydroxylation sites is 2. The molecule has 2 heterocycles. The molecule has 0 aliphatic carbocycles. The number of hydrogen-bond donors (Lipinski definition) is 1. The summed E-state index contributed by atoms with van der Waals surface area (Å²) < 4.78 is 16.5. The lowest BCUT2D eigenvalue weighted by Crippen LogP contribution is -2.35. The molecule has 1 fully saturated rings. The number of aromatic nitrogens is 1. The predicted molar refractivity (Wildman–Crippen MR) is 125 cm³/mol. The van der Waals surface area contributed by atoms with E-state index < -0.39 is 0 Å². The molecule has 0 bridgehead atoms. The summed E-state index contributed by atoms with van der Waals surface area (Å²) in [6, 6.07) is 15.8. The Labute approximate surface area is 189 Å². The van der Waals surface area contributed by atoms with Crippen LogP contribution in [0.4, 0.5) is 0 Å². The van der Waals surface area contributed by atoms with Crippen molar-refractivity contribution in [1.82, 2.24) is 9.88 Å². The van der Waals surface area contributed by atoms with Crippen molar-refractivity contribution in [3.8, 4) is 5.75 Å². The number of carbonyl (C=O) groups is 1. The largest absolute Gasteiger partial charge is 0.491 e. The van der Waals surface area contributed by atoms with Crippen molar-refractivity contribution in [2.75, 3.05) is 46.1 Å². The van der Waals surface area contributed by atoms with Gasteiger partial charge < -0.3 is 19.2 Å². The molecule has 32 heavy (non-hydrogen) atoms. The SMILES string of the molecule is CCOCCOC(=O)c1ccccc1OCCN1CCC(c2c[nH]c3ccccc23)CC1. The molecule has 6 heteroatoms. The van der Waals surface area contributed by atoms with E-state index in [1.165, 1.54) is 16.5 Å². The number of aromatic amines is 1. The van der Waals surface area contributed by atoms with Gasteiger partial charge in [-0.2, -0.15) is 0 Å². The van der Waals surface area contributed by atoms with Gasteiger partial charge in [0.1, 0.15) is 24.5 Å². The Hall–Kier alpha value is -2.83. The van der Waals surface area contributed by atoms with Crippen molar-refractivity contribution < 1.29 is 19.0 Å². The number of esters is 1. The van der Waals surface area contributed by atoms with E-state index in [9.17, 15) is 4.79 Å². The van der Waals surface area contributed by atoms with Crippen LogP contribution < -0.4 is 4.74 Å². The lowest BCUT2D eigenvalue weighted by molar-refractivity contribution is 0.0331. The van der Waals surface area contributed by atoms with Gasteiger partial charge in [-0.05, 0) is 62.5 Å². The first-order valence-corrected chi connectivity index (χ1v) is 11.5. The van der Waals surface area contributed by atoms with Crippen LogP contribution in [0.15, 0.2) is 54.7 Å². The molecule has 1 aliphatic rings. The van der Waals surface area contributed by atoms with Crippen LogP contribution in [0.1, 0.15) is 41.6 Å². The fraction of sp³-hybridized carbons (Fsp3) is 0.423. The highest BCUT2D eigenvalue weighted by Gasteiger charge is 2.23. The number of H-pyrrole nitrogens is 1. The summed E-state index contributed by atoms with van der Waals surface area (Å²) in [5.41, 5.74) is 3.11. The number of hydrogen-bond acceptors (Lipinski definition) is 5. The second-order valence-electron chi connectivity index (χ2n) is 8.08. The highest BCUT2D eigenvalue weighted by atomic mass is 16.6. The molecule has 3 aromatic rings. The van der Waals surface area contributed by atoms with E-state index in [0.29, 0.717) is 37.1 Å². The molecule has 2 aromatic carbocycles. The van der Waals surface area contributed by atoms with Crippen LogP contribution in [0, 0.1) is 0 Å². The summed E-state index contributed by atoms with van der Waals surface area (Å²) in [5, 5.41) is 1.35. The van der Waals surface area contributed by atoms with Gasteiger partial charge in [0.2, 0.25) is 0 Å². The third-order valence-corrected chi connectivity index (χ3v) is 6.09. The monoisotopic (exact) mass is 436 g/mol. The Bertz CT molecular complexity index is 1010. The number of benzene rings is 2. The van der Waals surface area contributed by atoms with E-state index in [4.69, 9.17) is 14.2 Å². The highest BCUT2D eigenvalue weighted by molar-refractivity contribution is 5.92. The van der Waals surface area contributed by atoms with Gasteiger partial charge in [0, 0.05) is 30.3 Å². The van der Waals surface area contributed by atoms with Gasteiger partial charge in [-0.25, -0.2) is 4.79 Å². The molecule has 0 radical (unpaired) electrons. The van der Waals surface area contributed by atoms with Gasteiger partial charge in [-0.15, -0.1) is 0 Å². The number of piperidine rings is 1. The minimum absolute atomic E-state index is 0.242. The Morgan fingerprint density at radius 1 is 1.03 bits per heavy atom. The predicted octanol–water partition coefficient (Wildman–Crippen LogP) is 4.62. The van der Waals surface area contributed by atoms with E-state index in [-0.39, 0.29) is 12.6 Å². The van der Waals surface area contributed by atoms with Gasteiger partial charge in [0.25, 0.3) is 0 Å². The summed E-state index contributed by atoms with van der Waals surface area (Å²) in [7, 11) is 0. The number of ether oxygens (including phenoxy) is 3. The van der Waals surface area contributed by atoms with Crippen molar-refractivity contribution in [3.05, 3.63) is 65.9 Å². The number of rotatable bonds is 10. The van der Waals surface area contributed by atoms with Crippen LogP contribution in [-0.2, 0) is 9.47 Å². The van der Waals surface area contributed by atoms with E-state index >= 15 is 0 Å². The molecule has 0 atom stereocenters. The van der Waals surface area contributed by atoms with Crippen LogP contribution >= 0.6 is 0 Å². The highest BCUT2D eigenvalue weighted by Crippen LogP contribution is 2.33. The van der Waals surface area contributed by atoms with Crippen molar-refractivity contribution in [1.29, 1.82) is 0 Å². The van der Waals surface area contributed by atoms with Gasteiger partial charge in [-0.1, -0.05) is 30.3 Å². The Morgan fingerprint density at radius 3 is 2.66 bits per heavy atom. The summed E-state index contributed by atoms with van der Waals surface area (Å²) in [4.78, 5) is 18.2. The molecule has 0 amide bonds. The molecule has 1 aliphatic heterocycles. The Balaban J connectivity index is 1.24. The summed E-state index contributed by atoms with van der Waals surface area (Å²) in [6.45, 7) is 6.65. The second-order valence-corrected chi connectivity index (χ2v) is 8.08. The van der Waals surface area contributed by atoms with Gasteiger partial charge in [0.05, 0.1) is 6.61 Å². The average Bonchev–Trinajstić information content (AvgIpc) is 3.27. The standard InChI is InChI=1S/C26H32N2O4/c1-2-30-17-18-32-26(29)22-8-4-6-10-25(22)31-16-15-28-13-11-20(12-14-28)23-19-27-24-9-5-3-7-21(23)24/h3-10,19-20,27H,2,11-18H2,1H3. The van der Waals surface area contributed by atoms with E-state index in [0.717, 1.165) is 32.5 Å². The summed E-state index contributed by atoms with van der Waals surface area (Å²) >= 11 is 0. The smallest absolute Gasteiger partial charge is 0.342 e. The molecule has 170 valence electrons. The second kappa shape index (κ2) is 11.2. The van der Waals surface area contributed by atoms with Gasteiger partial charge in [-0.3, -0.25) is 4.90 Å². The first-order chi connectivity index (χ1) is 15.8. The van der Waals surface area contributed by atoms with E-state index in [2.05, 4.69) is 40.3 Å². The number of fused-ring (bicyclic) bond motifs is 1. The molecule has 6 nitrogen and oxygen atoms in total. The fourth-order valence-corrected chi connectivity index (χ4v) is 4.36. The lowest BCUT2D eigenvalue weighted by Gasteiger charge is -2.31. The van der Waals surface area contributed by atoms with Gasteiger partial charge >= 0.3 is 5.97 Å². The number of nitrogens with one attached hydrogen (secondary N) is 1. The molecular weight excluding hydrogens is 404 g/mol. The zero-order chi connectivity index (χ0) is 22.2. The number of carbonyl (C=O) groups excluding carboxylic acids is 1. The van der Waals surface area contributed by atoms with E-state index in [1.54, 1.807) is 6.07 Å². The molecule has 1 N–H and O–H groups in total. The summed E-state index contributed by atoms with van der Waals surface area (Å²) in [5.74, 6) is 0.790. The summed E-state index contributed by atoms with van der Waals surface area (Å²) in [6.07, 6.45) is 4.47. The number of nitrogens with zero attached hydrogens (tertiary/aromatic N) is 1. The third-order valence-electron chi connectivity index (χ3n) is 6.09. The van der Waals surface area contributed by atoms with Crippen LogP contribution in [-0.4, -0.2) is 61.9 Å². The quantitative estimate of drug-likeness (QED) is 0.371. The minimum Gasteiger partial charge on any atom is -0.491 e. The lowest BCUT2D eigenvalue weighted by atomic mass is 9.89. The molecule has 0 unspecified atom stereocenters. The van der Waals surface area contributed by atoms with Crippen molar-refractivity contribution in [3.63, 3.8) is 0 Å². The average molecular weight is 437 g/mol.